The standard InChI is InChI=1S/C20H28O/c1-13(2)14-7-8-16-15(11-14)17(21)12-18-19(3,4)9-6-10-20(16,18)5/h7-8,11,13,18H,6,9-10,12H2,1-5H3/t18-,20+/m0/s1. The number of ketones is 1. The summed E-state index contributed by atoms with van der Waals surface area (Å²) in [4.78, 5) is 12.7. The lowest BCUT2D eigenvalue weighted by Crippen LogP contribution is -2.49. The second-order valence-electron chi connectivity index (χ2n) is 8.40. The van der Waals surface area contributed by atoms with E-state index in [1.165, 1.54) is 30.4 Å². The Bertz CT molecular complexity index is 582. The number of hydrogen-bond acceptors (Lipinski definition) is 1. The molecule has 0 unspecified atom stereocenters. The van der Waals surface area contributed by atoms with E-state index in [1.807, 2.05) is 0 Å². The van der Waals surface area contributed by atoms with Crippen LogP contribution in [0.5, 0.6) is 0 Å². The van der Waals surface area contributed by atoms with Crippen molar-refractivity contribution in [3.63, 3.8) is 0 Å². The van der Waals surface area contributed by atoms with Crippen LogP contribution in [0.2, 0.25) is 0 Å². The first-order valence-corrected chi connectivity index (χ1v) is 8.43. The Morgan fingerprint density at radius 1 is 1.14 bits per heavy atom. The van der Waals surface area contributed by atoms with Gasteiger partial charge in [0.25, 0.3) is 0 Å². The summed E-state index contributed by atoms with van der Waals surface area (Å²) in [5, 5.41) is 0. The van der Waals surface area contributed by atoms with Crippen LogP contribution in [-0.4, -0.2) is 5.78 Å². The maximum atomic E-state index is 12.7. The summed E-state index contributed by atoms with van der Waals surface area (Å²) in [5.41, 5.74) is 4.08. The van der Waals surface area contributed by atoms with Gasteiger partial charge < -0.3 is 0 Å². The molecule has 0 N–H and O–H groups in total. The first-order valence-electron chi connectivity index (χ1n) is 8.43. The Kier molecular flexibility index (Phi) is 3.31. The van der Waals surface area contributed by atoms with Gasteiger partial charge in [0, 0.05) is 12.0 Å². The van der Waals surface area contributed by atoms with E-state index in [1.54, 1.807) is 0 Å². The molecule has 2 aliphatic carbocycles. The second kappa shape index (κ2) is 4.69. The van der Waals surface area contributed by atoms with Crippen molar-refractivity contribution in [3.05, 3.63) is 34.9 Å². The molecule has 1 aromatic rings. The van der Waals surface area contributed by atoms with Crippen molar-refractivity contribution in [2.24, 2.45) is 11.3 Å². The van der Waals surface area contributed by atoms with Crippen LogP contribution in [0.4, 0.5) is 0 Å². The Morgan fingerprint density at radius 2 is 1.86 bits per heavy atom. The van der Waals surface area contributed by atoms with Crippen LogP contribution in [0, 0.1) is 11.3 Å². The van der Waals surface area contributed by atoms with Crippen LogP contribution in [0.3, 0.4) is 0 Å². The van der Waals surface area contributed by atoms with Gasteiger partial charge in [0.05, 0.1) is 0 Å². The topological polar surface area (TPSA) is 17.1 Å². The van der Waals surface area contributed by atoms with Gasteiger partial charge in [-0.2, -0.15) is 0 Å². The van der Waals surface area contributed by atoms with Crippen molar-refractivity contribution < 1.29 is 4.79 Å². The molecule has 1 heteroatoms. The van der Waals surface area contributed by atoms with E-state index in [0.717, 1.165) is 12.0 Å². The highest BCUT2D eigenvalue weighted by molar-refractivity contribution is 5.99. The van der Waals surface area contributed by atoms with Gasteiger partial charge in [0.1, 0.15) is 0 Å². The number of carbonyl (C=O) groups excluding carboxylic acids is 1. The first-order chi connectivity index (χ1) is 9.75. The van der Waals surface area contributed by atoms with Crippen LogP contribution in [0.25, 0.3) is 0 Å². The zero-order valence-electron chi connectivity index (χ0n) is 14.1. The Morgan fingerprint density at radius 3 is 2.52 bits per heavy atom. The van der Waals surface area contributed by atoms with Gasteiger partial charge in [-0.1, -0.05) is 53.2 Å². The molecular weight excluding hydrogens is 256 g/mol. The Balaban J connectivity index is 2.15. The third-order valence-electron chi connectivity index (χ3n) is 6.25. The monoisotopic (exact) mass is 284 g/mol. The SMILES string of the molecule is CC(C)c1ccc2c(c1)C(=O)C[C@H]1C(C)(C)CCC[C@]21C. The molecule has 0 amide bonds. The van der Waals surface area contributed by atoms with E-state index in [2.05, 4.69) is 52.8 Å². The molecule has 0 bridgehead atoms. The maximum Gasteiger partial charge on any atom is 0.163 e. The van der Waals surface area contributed by atoms with Crippen molar-refractivity contribution in [1.82, 2.24) is 0 Å². The normalized spacial score (nSPS) is 31.0. The summed E-state index contributed by atoms with van der Waals surface area (Å²) in [6, 6.07) is 6.67. The molecular formula is C20H28O. The molecule has 1 saturated carbocycles. The summed E-state index contributed by atoms with van der Waals surface area (Å²) in [6.45, 7) is 11.5. The molecule has 1 aromatic carbocycles. The van der Waals surface area contributed by atoms with Crippen LogP contribution in [0.15, 0.2) is 18.2 Å². The summed E-state index contributed by atoms with van der Waals surface area (Å²) >= 11 is 0. The highest BCUT2D eigenvalue weighted by Crippen LogP contribution is 2.57. The fourth-order valence-electron chi connectivity index (χ4n) is 4.89. The molecule has 114 valence electrons. The lowest BCUT2D eigenvalue weighted by Gasteiger charge is -2.53. The molecule has 0 aromatic heterocycles. The largest absolute Gasteiger partial charge is 0.294 e. The number of carbonyl (C=O) groups is 1. The number of Topliss-reactive ketones (excluding diaryl/α,β-unsaturated/α-hetero) is 1. The van der Waals surface area contributed by atoms with E-state index in [0.29, 0.717) is 17.6 Å². The third kappa shape index (κ3) is 2.17. The third-order valence-corrected chi connectivity index (χ3v) is 6.25. The zero-order chi connectivity index (χ0) is 15.4. The molecule has 0 saturated heterocycles. The van der Waals surface area contributed by atoms with Crippen molar-refractivity contribution in [2.45, 2.75) is 71.6 Å². The van der Waals surface area contributed by atoms with Gasteiger partial charge in [0.15, 0.2) is 5.78 Å². The minimum atomic E-state index is 0.181. The van der Waals surface area contributed by atoms with Crippen LogP contribution >= 0.6 is 0 Å². The predicted octanol–water partition coefficient (Wildman–Crippen LogP) is 5.48. The highest BCUT2D eigenvalue weighted by Gasteiger charge is 2.51. The maximum absolute atomic E-state index is 12.7. The molecule has 3 rings (SSSR count). The van der Waals surface area contributed by atoms with Crippen molar-refractivity contribution in [3.8, 4) is 0 Å². The summed E-state index contributed by atoms with van der Waals surface area (Å²) in [6.07, 6.45) is 4.49. The molecule has 1 nitrogen and oxygen atoms in total. The average molecular weight is 284 g/mol. The lowest BCUT2D eigenvalue weighted by atomic mass is 9.50. The van der Waals surface area contributed by atoms with Gasteiger partial charge in [-0.25, -0.2) is 0 Å². The molecule has 21 heavy (non-hydrogen) atoms. The zero-order valence-corrected chi connectivity index (χ0v) is 14.1. The molecule has 1 fully saturated rings. The van der Waals surface area contributed by atoms with E-state index in [4.69, 9.17) is 0 Å². The minimum Gasteiger partial charge on any atom is -0.294 e. The van der Waals surface area contributed by atoms with E-state index >= 15 is 0 Å². The summed E-state index contributed by atoms with van der Waals surface area (Å²) < 4.78 is 0. The van der Waals surface area contributed by atoms with E-state index < -0.39 is 0 Å². The van der Waals surface area contributed by atoms with Gasteiger partial charge in [0.2, 0.25) is 0 Å². The smallest absolute Gasteiger partial charge is 0.163 e. The Labute approximate surface area is 129 Å². The molecule has 0 radical (unpaired) electrons. The number of fused-ring (bicyclic) bond motifs is 3. The summed E-state index contributed by atoms with van der Waals surface area (Å²) in [7, 11) is 0. The van der Waals surface area contributed by atoms with Crippen LogP contribution in [-0.2, 0) is 5.41 Å². The number of rotatable bonds is 1. The van der Waals surface area contributed by atoms with E-state index in [-0.39, 0.29) is 10.8 Å². The molecule has 0 heterocycles. The van der Waals surface area contributed by atoms with Crippen LogP contribution < -0.4 is 0 Å². The quantitative estimate of drug-likeness (QED) is 0.667. The van der Waals surface area contributed by atoms with Crippen LogP contribution in [0.1, 0.15) is 87.7 Å². The molecule has 2 aliphatic rings. The average Bonchev–Trinajstić information content (AvgIpc) is 2.41. The predicted molar refractivity (Wildman–Crippen MR) is 88.0 cm³/mol. The fraction of sp³-hybridized carbons (Fsp3) is 0.650. The summed E-state index contributed by atoms with van der Waals surface area (Å²) in [5.74, 6) is 1.34. The van der Waals surface area contributed by atoms with Gasteiger partial charge in [-0.05, 0) is 52.7 Å². The van der Waals surface area contributed by atoms with E-state index in [9.17, 15) is 4.79 Å². The number of benzene rings is 1. The molecule has 0 spiro atoms. The van der Waals surface area contributed by atoms with Gasteiger partial charge in [-0.15, -0.1) is 0 Å². The van der Waals surface area contributed by atoms with Crippen molar-refractivity contribution in [2.75, 3.05) is 0 Å². The molecule has 0 aliphatic heterocycles. The minimum absolute atomic E-state index is 0.181. The van der Waals surface area contributed by atoms with Crippen molar-refractivity contribution in [1.29, 1.82) is 0 Å². The van der Waals surface area contributed by atoms with Gasteiger partial charge >= 0.3 is 0 Å². The molecule has 2 atom stereocenters. The first kappa shape index (κ1) is 14.8. The van der Waals surface area contributed by atoms with Crippen molar-refractivity contribution >= 4 is 5.78 Å². The lowest BCUT2D eigenvalue weighted by molar-refractivity contribution is 0.0368. The van der Waals surface area contributed by atoms with Gasteiger partial charge in [-0.3, -0.25) is 4.79 Å². The highest BCUT2D eigenvalue weighted by atomic mass is 16.1. The fourth-order valence-corrected chi connectivity index (χ4v) is 4.89. The second-order valence-corrected chi connectivity index (χ2v) is 8.40. The number of hydrogen-bond donors (Lipinski definition) is 0. The Hall–Kier alpha value is -1.11.